The van der Waals surface area contributed by atoms with Gasteiger partial charge in [-0.1, -0.05) is 24.3 Å². The molecule has 4 aromatic rings. The predicted octanol–water partition coefficient (Wildman–Crippen LogP) is 5.32. The maximum absolute atomic E-state index is 13.4. The molecular formula is C26H25F4N7O. The first-order chi connectivity index (χ1) is 18.1. The fourth-order valence-corrected chi connectivity index (χ4v) is 4.81. The zero-order valence-corrected chi connectivity index (χ0v) is 20.7. The van der Waals surface area contributed by atoms with Crippen LogP contribution in [0.5, 0.6) is 0 Å². The Balaban J connectivity index is 1.30. The summed E-state index contributed by atoms with van der Waals surface area (Å²) in [5.41, 5.74) is -0.131. The molecule has 0 atom stereocenters. The van der Waals surface area contributed by atoms with Gasteiger partial charge < -0.3 is 15.1 Å². The second kappa shape index (κ2) is 9.92. The van der Waals surface area contributed by atoms with Crippen molar-refractivity contribution in [1.29, 1.82) is 0 Å². The van der Waals surface area contributed by atoms with Crippen molar-refractivity contribution in [3.05, 3.63) is 66.1 Å². The van der Waals surface area contributed by atoms with Gasteiger partial charge in [0.15, 0.2) is 5.82 Å². The number of benzene rings is 2. The third-order valence-electron chi connectivity index (χ3n) is 6.89. The first-order valence-corrected chi connectivity index (χ1v) is 12.0. The van der Waals surface area contributed by atoms with Crippen LogP contribution in [0.25, 0.3) is 22.2 Å². The topological polar surface area (TPSA) is 79.2 Å². The molecule has 0 saturated carbocycles. The Bertz CT molecular complexity index is 1480. The standard InChI is InChI=1S/C26H25F4N7O/c1-35(25(38)32-21-8-7-16(27)15-20(21)26(28,29)30)17-10-13-37(14-11-17)24-19-6-4-3-5-18(19)23(33-34-24)22-9-12-31-36(22)2/h3-9,12,15,17H,10-11,13-14H2,1-2H3,(H,32,38). The fourth-order valence-electron chi connectivity index (χ4n) is 4.81. The zero-order chi connectivity index (χ0) is 27.0. The largest absolute Gasteiger partial charge is 0.418 e. The van der Waals surface area contributed by atoms with Gasteiger partial charge in [0.05, 0.1) is 16.9 Å². The maximum atomic E-state index is 13.4. The van der Waals surface area contributed by atoms with Crippen molar-refractivity contribution in [3.63, 3.8) is 0 Å². The molecule has 1 aliphatic rings. The van der Waals surface area contributed by atoms with Crippen molar-refractivity contribution in [2.75, 3.05) is 30.4 Å². The number of rotatable bonds is 4. The van der Waals surface area contributed by atoms with E-state index in [4.69, 9.17) is 0 Å². The molecule has 12 heteroatoms. The summed E-state index contributed by atoms with van der Waals surface area (Å²) in [6.45, 7) is 1.16. The van der Waals surface area contributed by atoms with Crippen LogP contribution >= 0.6 is 0 Å². The summed E-state index contributed by atoms with van der Waals surface area (Å²) in [6.07, 6.45) is -1.93. The van der Waals surface area contributed by atoms with Crippen LogP contribution in [-0.4, -0.2) is 57.1 Å². The van der Waals surface area contributed by atoms with Crippen molar-refractivity contribution in [2.24, 2.45) is 7.05 Å². The van der Waals surface area contributed by atoms with E-state index in [1.807, 2.05) is 37.4 Å². The van der Waals surface area contributed by atoms with Gasteiger partial charge in [-0.15, -0.1) is 10.2 Å². The summed E-state index contributed by atoms with van der Waals surface area (Å²) in [7, 11) is 3.39. The van der Waals surface area contributed by atoms with E-state index in [-0.39, 0.29) is 6.04 Å². The number of carbonyl (C=O) groups is 1. The summed E-state index contributed by atoms with van der Waals surface area (Å²) < 4.78 is 55.1. The molecule has 1 aliphatic heterocycles. The average molecular weight is 528 g/mol. The molecule has 0 aliphatic carbocycles. The second-order valence-electron chi connectivity index (χ2n) is 9.20. The number of nitrogens with zero attached hydrogens (tertiary/aromatic N) is 6. The van der Waals surface area contributed by atoms with Gasteiger partial charge in [0.25, 0.3) is 0 Å². The van der Waals surface area contributed by atoms with Crippen LogP contribution < -0.4 is 10.2 Å². The van der Waals surface area contributed by atoms with Gasteiger partial charge >= 0.3 is 12.2 Å². The van der Waals surface area contributed by atoms with Gasteiger partial charge in [-0.25, -0.2) is 9.18 Å². The highest BCUT2D eigenvalue weighted by atomic mass is 19.4. The molecule has 5 rings (SSSR count). The number of anilines is 2. The summed E-state index contributed by atoms with van der Waals surface area (Å²) in [5.74, 6) is -0.293. The Kier molecular flexibility index (Phi) is 6.64. The summed E-state index contributed by atoms with van der Waals surface area (Å²) in [4.78, 5) is 16.3. The molecule has 8 nitrogen and oxygen atoms in total. The quantitative estimate of drug-likeness (QED) is 0.364. The lowest BCUT2D eigenvalue weighted by molar-refractivity contribution is -0.137. The number of halogens is 4. The molecule has 198 valence electrons. The van der Waals surface area contributed by atoms with Crippen molar-refractivity contribution in [1.82, 2.24) is 24.9 Å². The minimum absolute atomic E-state index is 0.200. The lowest BCUT2D eigenvalue weighted by Crippen LogP contribution is -2.47. The lowest BCUT2D eigenvalue weighted by Gasteiger charge is -2.37. The molecule has 1 N–H and O–H groups in total. The third-order valence-corrected chi connectivity index (χ3v) is 6.89. The number of nitrogens with one attached hydrogen (secondary N) is 1. The number of aromatic nitrogens is 4. The monoisotopic (exact) mass is 527 g/mol. The average Bonchev–Trinajstić information content (AvgIpc) is 3.33. The van der Waals surface area contributed by atoms with Gasteiger partial charge in [-0.3, -0.25) is 4.68 Å². The Hall–Kier alpha value is -4.22. The number of hydrogen-bond donors (Lipinski definition) is 1. The van der Waals surface area contributed by atoms with Crippen LogP contribution in [-0.2, 0) is 13.2 Å². The molecular weight excluding hydrogens is 502 g/mol. The van der Waals surface area contributed by atoms with Crippen LogP contribution in [0.15, 0.2) is 54.7 Å². The first-order valence-electron chi connectivity index (χ1n) is 12.0. The number of amides is 2. The molecule has 0 bridgehead atoms. The van der Waals surface area contributed by atoms with Gasteiger partial charge in [-0.05, 0) is 37.1 Å². The van der Waals surface area contributed by atoms with Gasteiger partial charge in [0.2, 0.25) is 0 Å². The Morgan fingerprint density at radius 2 is 1.76 bits per heavy atom. The third kappa shape index (κ3) is 4.85. The van der Waals surface area contributed by atoms with Crippen LogP contribution in [0.1, 0.15) is 18.4 Å². The van der Waals surface area contributed by atoms with E-state index < -0.39 is 29.3 Å². The summed E-state index contributed by atoms with van der Waals surface area (Å²) in [5, 5.41) is 17.4. The van der Waals surface area contributed by atoms with Crippen molar-refractivity contribution in [3.8, 4) is 11.4 Å². The highest BCUT2D eigenvalue weighted by molar-refractivity contribution is 5.99. The predicted molar refractivity (Wildman–Crippen MR) is 135 cm³/mol. The van der Waals surface area contributed by atoms with E-state index in [0.29, 0.717) is 32.0 Å². The van der Waals surface area contributed by atoms with Crippen molar-refractivity contribution < 1.29 is 22.4 Å². The van der Waals surface area contributed by atoms with Crippen molar-refractivity contribution >= 4 is 28.3 Å². The fraction of sp³-hybridized carbons (Fsp3) is 0.308. The highest BCUT2D eigenvalue weighted by Gasteiger charge is 2.35. The molecule has 1 saturated heterocycles. The smallest absolute Gasteiger partial charge is 0.354 e. The Morgan fingerprint density at radius 3 is 2.42 bits per heavy atom. The van der Waals surface area contributed by atoms with Gasteiger partial charge in [0.1, 0.15) is 11.5 Å². The molecule has 2 aromatic heterocycles. The Labute approximate surface area is 215 Å². The summed E-state index contributed by atoms with van der Waals surface area (Å²) in [6, 6.07) is 11.0. The molecule has 0 radical (unpaired) electrons. The first kappa shape index (κ1) is 25.4. The van der Waals surface area contributed by atoms with E-state index >= 15 is 0 Å². The molecule has 0 unspecified atom stereocenters. The molecule has 38 heavy (non-hydrogen) atoms. The number of alkyl halides is 3. The van der Waals surface area contributed by atoms with Gasteiger partial charge in [-0.2, -0.15) is 18.3 Å². The number of carbonyl (C=O) groups excluding carboxylic acids is 1. The molecule has 1 fully saturated rings. The zero-order valence-electron chi connectivity index (χ0n) is 20.7. The highest BCUT2D eigenvalue weighted by Crippen LogP contribution is 2.36. The maximum Gasteiger partial charge on any atom is 0.418 e. The minimum Gasteiger partial charge on any atom is -0.354 e. The number of piperidine rings is 1. The number of fused-ring (bicyclic) bond motifs is 1. The number of urea groups is 1. The normalized spacial score (nSPS) is 14.6. The van der Waals surface area contributed by atoms with Crippen LogP contribution in [0.4, 0.5) is 33.9 Å². The molecule has 0 spiro atoms. The minimum atomic E-state index is -4.80. The molecule has 2 aromatic carbocycles. The van der Waals surface area contributed by atoms with Gasteiger partial charge in [0, 0.05) is 50.2 Å². The lowest BCUT2D eigenvalue weighted by atomic mass is 10.0. The number of hydrogen-bond acceptors (Lipinski definition) is 5. The summed E-state index contributed by atoms with van der Waals surface area (Å²) >= 11 is 0. The SMILES string of the molecule is CN(C(=O)Nc1ccc(F)cc1C(F)(F)F)C1CCN(c2nnc(-c3ccnn3C)c3ccccc23)CC1. The van der Waals surface area contributed by atoms with Crippen LogP contribution in [0, 0.1) is 5.82 Å². The van der Waals surface area contributed by atoms with E-state index in [2.05, 4.69) is 25.5 Å². The van der Waals surface area contributed by atoms with E-state index in [1.165, 1.54) is 4.90 Å². The second-order valence-corrected chi connectivity index (χ2v) is 9.20. The van der Waals surface area contributed by atoms with Crippen LogP contribution in [0.2, 0.25) is 0 Å². The van der Waals surface area contributed by atoms with E-state index in [9.17, 15) is 22.4 Å². The molecule has 3 heterocycles. The van der Waals surface area contributed by atoms with E-state index in [1.54, 1.807) is 17.9 Å². The van der Waals surface area contributed by atoms with Crippen LogP contribution in [0.3, 0.4) is 0 Å². The number of aryl methyl sites for hydroxylation is 1. The van der Waals surface area contributed by atoms with Crippen molar-refractivity contribution in [2.45, 2.75) is 25.1 Å². The molecule has 2 amide bonds. The van der Waals surface area contributed by atoms with E-state index in [0.717, 1.165) is 40.1 Å². The Morgan fingerprint density at radius 1 is 1.05 bits per heavy atom.